The average molecular weight is 482 g/mol. The van der Waals surface area contributed by atoms with E-state index in [2.05, 4.69) is 14.1 Å². The van der Waals surface area contributed by atoms with Crippen LogP contribution in [0.4, 0.5) is 26.3 Å². The van der Waals surface area contributed by atoms with Crippen LogP contribution in [0, 0.1) is 17.8 Å². The van der Waals surface area contributed by atoms with Crippen molar-refractivity contribution < 1.29 is 64.8 Å². The molecule has 0 saturated heterocycles. The number of esters is 2. The lowest BCUT2D eigenvalue weighted by molar-refractivity contribution is -0.434. The first-order valence-electron chi connectivity index (χ1n) is 8.97. The molecule has 176 valence electrons. The number of hydrogen-bond acceptors (Lipinski definition) is 9. The monoisotopic (exact) mass is 482 g/mol. The molecule has 0 aromatic carbocycles. The standard InChI is InChI=1S/C16H16F6O8S/c17-15(18,19)14(16(20,21)22,31-30-29-26)12(25)27-6-10(23)28-13-3-7-1-8(4-13)11(24)9(2-7)5-13/h7-9,26H,1-6H2. The molecule has 4 fully saturated rings. The van der Waals surface area contributed by atoms with Gasteiger partial charge in [-0.1, -0.05) is 5.04 Å². The van der Waals surface area contributed by atoms with E-state index >= 15 is 0 Å². The van der Waals surface area contributed by atoms with Gasteiger partial charge in [-0.15, -0.1) is 4.33 Å². The minimum atomic E-state index is -6.30. The van der Waals surface area contributed by atoms with E-state index in [1.165, 1.54) is 0 Å². The number of carbonyl (C=O) groups excluding carboxylic acids is 3. The highest BCUT2D eigenvalue weighted by Gasteiger charge is 2.79. The quantitative estimate of drug-likeness (QED) is 0.192. The van der Waals surface area contributed by atoms with E-state index in [9.17, 15) is 40.7 Å². The minimum absolute atomic E-state index is 0.0670. The largest absolute Gasteiger partial charge is 0.456 e. The highest BCUT2D eigenvalue weighted by molar-refractivity contribution is 7.96. The molecule has 0 aliphatic heterocycles. The number of halogens is 6. The number of ether oxygens (including phenoxy) is 2. The maximum Gasteiger partial charge on any atom is 0.425 e. The van der Waals surface area contributed by atoms with Crippen LogP contribution in [0.25, 0.3) is 0 Å². The molecular formula is C16H16F6O8S. The van der Waals surface area contributed by atoms with Gasteiger partial charge in [-0.2, -0.15) is 26.3 Å². The Kier molecular flexibility index (Phi) is 6.27. The van der Waals surface area contributed by atoms with Gasteiger partial charge in [0.2, 0.25) is 0 Å². The second-order valence-electron chi connectivity index (χ2n) is 7.88. The smallest absolute Gasteiger partial charge is 0.425 e. The van der Waals surface area contributed by atoms with Crippen molar-refractivity contribution in [2.45, 2.75) is 54.8 Å². The van der Waals surface area contributed by atoms with Gasteiger partial charge in [-0.05, 0) is 38.0 Å². The van der Waals surface area contributed by atoms with Gasteiger partial charge in [-0.25, -0.2) is 14.8 Å². The maximum atomic E-state index is 13.2. The van der Waals surface area contributed by atoms with Crippen LogP contribution in [0.15, 0.2) is 0 Å². The molecule has 0 aromatic heterocycles. The first-order chi connectivity index (χ1) is 14.2. The van der Waals surface area contributed by atoms with Gasteiger partial charge in [0.1, 0.15) is 11.4 Å². The summed E-state index contributed by atoms with van der Waals surface area (Å²) in [5.41, 5.74) is -1.05. The van der Waals surface area contributed by atoms with E-state index in [-0.39, 0.29) is 36.4 Å². The summed E-state index contributed by atoms with van der Waals surface area (Å²) in [7, 11) is 0. The lowest BCUT2D eigenvalue weighted by Gasteiger charge is -2.54. The van der Waals surface area contributed by atoms with Crippen molar-refractivity contribution in [3.63, 3.8) is 0 Å². The summed E-state index contributed by atoms with van der Waals surface area (Å²) in [6.45, 7) is -1.52. The molecule has 4 aliphatic rings. The zero-order chi connectivity index (χ0) is 23.2. The van der Waals surface area contributed by atoms with E-state index in [1.54, 1.807) is 0 Å². The Morgan fingerprint density at radius 3 is 2.06 bits per heavy atom. The molecule has 0 radical (unpaired) electrons. The molecular weight excluding hydrogens is 466 g/mol. The molecule has 4 bridgehead atoms. The van der Waals surface area contributed by atoms with Crippen LogP contribution in [0.3, 0.4) is 0 Å². The van der Waals surface area contributed by atoms with Crippen LogP contribution in [0.5, 0.6) is 0 Å². The molecule has 8 nitrogen and oxygen atoms in total. The third kappa shape index (κ3) is 4.24. The minimum Gasteiger partial charge on any atom is -0.456 e. The van der Waals surface area contributed by atoms with E-state index < -0.39 is 53.3 Å². The molecule has 31 heavy (non-hydrogen) atoms. The van der Waals surface area contributed by atoms with E-state index in [4.69, 9.17) is 9.99 Å². The molecule has 2 unspecified atom stereocenters. The Morgan fingerprint density at radius 2 is 1.58 bits per heavy atom. The zero-order valence-electron chi connectivity index (χ0n) is 15.5. The van der Waals surface area contributed by atoms with Crippen LogP contribution in [-0.4, -0.2) is 52.3 Å². The van der Waals surface area contributed by atoms with Gasteiger partial charge in [0.15, 0.2) is 6.61 Å². The Bertz CT molecular complexity index is 721. The van der Waals surface area contributed by atoms with Crippen LogP contribution in [0.2, 0.25) is 0 Å². The van der Waals surface area contributed by atoms with Crippen molar-refractivity contribution in [1.29, 1.82) is 0 Å². The molecule has 0 heterocycles. The van der Waals surface area contributed by atoms with Crippen LogP contribution >= 0.6 is 12.0 Å². The van der Waals surface area contributed by atoms with Crippen LogP contribution in [-0.2, 0) is 33.2 Å². The van der Waals surface area contributed by atoms with E-state index in [0.717, 1.165) is 0 Å². The zero-order valence-corrected chi connectivity index (χ0v) is 16.3. The predicted octanol–water partition coefficient (Wildman–Crippen LogP) is 3.15. The van der Waals surface area contributed by atoms with Crippen LogP contribution in [0.1, 0.15) is 32.1 Å². The molecule has 0 spiro atoms. The van der Waals surface area contributed by atoms with Crippen molar-refractivity contribution in [3.8, 4) is 0 Å². The lowest BCUT2D eigenvalue weighted by atomic mass is 9.53. The Hall–Kier alpha value is -1.58. The molecule has 2 atom stereocenters. The fourth-order valence-corrected chi connectivity index (χ4v) is 5.33. The molecule has 15 heteroatoms. The summed E-state index contributed by atoms with van der Waals surface area (Å²) in [5, 5.41) is 10.7. The summed E-state index contributed by atoms with van der Waals surface area (Å²) in [4.78, 5) is 36.1. The molecule has 4 rings (SSSR count). The normalized spacial score (nSPS) is 30.4. The fourth-order valence-electron chi connectivity index (χ4n) is 4.88. The van der Waals surface area contributed by atoms with Gasteiger partial charge in [0.25, 0.3) is 0 Å². The number of rotatable bonds is 7. The highest BCUT2D eigenvalue weighted by Crippen LogP contribution is 2.56. The van der Waals surface area contributed by atoms with Gasteiger partial charge >= 0.3 is 29.0 Å². The molecule has 1 N–H and O–H groups in total. The topological polar surface area (TPSA) is 108 Å². The lowest BCUT2D eigenvalue weighted by Crippen LogP contribution is -2.61. The molecule has 4 saturated carbocycles. The van der Waals surface area contributed by atoms with Crippen LogP contribution < -0.4 is 0 Å². The van der Waals surface area contributed by atoms with Crippen molar-refractivity contribution >= 4 is 29.8 Å². The summed E-state index contributed by atoms with van der Waals surface area (Å²) >= 11 is -1.59. The Morgan fingerprint density at radius 1 is 1.03 bits per heavy atom. The second-order valence-corrected chi connectivity index (χ2v) is 8.80. The van der Waals surface area contributed by atoms with Crippen molar-refractivity contribution in [3.05, 3.63) is 0 Å². The van der Waals surface area contributed by atoms with E-state index in [1.807, 2.05) is 0 Å². The summed E-state index contributed by atoms with van der Waals surface area (Å²) in [6, 6.07) is 0. The van der Waals surface area contributed by atoms with Crippen molar-refractivity contribution in [2.75, 3.05) is 6.61 Å². The second kappa shape index (κ2) is 8.08. The third-order valence-corrected chi connectivity index (χ3v) is 6.87. The van der Waals surface area contributed by atoms with Gasteiger partial charge in [-0.3, -0.25) is 4.79 Å². The van der Waals surface area contributed by atoms with Gasteiger partial charge in [0.05, 0.1) is 12.0 Å². The van der Waals surface area contributed by atoms with Crippen molar-refractivity contribution in [1.82, 2.24) is 0 Å². The summed E-state index contributed by atoms with van der Waals surface area (Å²) < 4.78 is 86.4. The Balaban J connectivity index is 1.68. The fraction of sp³-hybridized carbons (Fsp3) is 0.812. The third-order valence-electron chi connectivity index (χ3n) is 5.86. The summed E-state index contributed by atoms with van der Waals surface area (Å²) in [5.74, 6) is -4.68. The number of hydrogen-bond donors (Lipinski definition) is 1. The maximum absolute atomic E-state index is 13.2. The number of carbonyl (C=O) groups is 3. The summed E-state index contributed by atoms with van der Waals surface area (Å²) in [6.07, 6.45) is -10.5. The van der Waals surface area contributed by atoms with Gasteiger partial charge < -0.3 is 9.47 Å². The number of Topliss-reactive ketones (excluding diaryl/α,β-unsaturated/α-hetero) is 1. The molecule has 0 amide bonds. The van der Waals surface area contributed by atoms with E-state index in [0.29, 0.717) is 19.3 Å². The SMILES string of the molecule is O=C(COC(=O)C(SOOO)(C(F)(F)F)C(F)(F)F)OC12CC3CC(C1)C(=O)C(C3)C2. The molecule has 0 aromatic rings. The first kappa shape index (κ1) is 24.1. The first-order valence-corrected chi connectivity index (χ1v) is 9.71. The highest BCUT2D eigenvalue weighted by atomic mass is 32.2. The number of ketones is 1. The van der Waals surface area contributed by atoms with Gasteiger partial charge in [0, 0.05) is 11.8 Å². The van der Waals surface area contributed by atoms with Crippen molar-refractivity contribution in [2.24, 2.45) is 17.8 Å². The molecule has 4 aliphatic carbocycles. The average Bonchev–Trinajstić information content (AvgIpc) is 2.61. The number of alkyl halides is 6. The Labute approximate surface area is 174 Å². The predicted molar refractivity (Wildman–Crippen MR) is 85.6 cm³/mol.